The molecule has 0 spiro atoms. The lowest BCUT2D eigenvalue weighted by molar-refractivity contribution is -0.133. The average molecular weight is 451 g/mol. The third kappa shape index (κ3) is 7.43. The molecule has 7 nitrogen and oxygen atoms in total. The van der Waals surface area contributed by atoms with E-state index in [-0.39, 0.29) is 24.7 Å². The number of para-hydroxylation sites is 1. The number of benzene rings is 2. The molecule has 2 aromatic carbocycles. The van der Waals surface area contributed by atoms with Crippen molar-refractivity contribution in [2.45, 2.75) is 39.7 Å². The molecule has 2 aromatic rings. The minimum atomic E-state index is -0.159. The second kappa shape index (κ2) is 12.7. The lowest BCUT2D eigenvalue weighted by Crippen LogP contribution is -2.28. The third-order valence-electron chi connectivity index (χ3n) is 5.77. The molecule has 0 radical (unpaired) electrons. The summed E-state index contributed by atoms with van der Waals surface area (Å²) in [5.74, 6) is 0.491. The molecule has 176 valence electrons. The van der Waals surface area contributed by atoms with Gasteiger partial charge in [0.15, 0.2) is 0 Å². The number of carbonyl (C=O) groups excluding carboxylic acids is 2. The number of rotatable bonds is 12. The Balaban J connectivity index is 1.43. The average Bonchev–Trinajstić information content (AvgIpc) is 3.35. The number of nitrogens with one attached hydrogen (secondary N) is 1. The fraction of sp³-hybridized carbons (Fsp3) is 0.423. The van der Waals surface area contributed by atoms with Crippen LogP contribution < -0.4 is 10.1 Å². The molecule has 1 aliphatic heterocycles. The first-order valence-corrected chi connectivity index (χ1v) is 11.7. The van der Waals surface area contributed by atoms with Gasteiger partial charge in [-0.2, -0.15) is 5.10 Å². The Hall–Kier alpha value is -3.19. The largest absolute Gasteiger partial charge is 0.492 e. The summed E-state index contributed by atoms with van der Waals surface area (Å²) in [4.78, 5) is 27.1. The topological polar surface area (TPSA) is 74.2 Å². The maximum atomic E-state index is 12.5. The van der Waals surface area contributed by atoms with Crippen molar-refractivity contribution < 1.29 is 14.3 Å². The van der Waals surface area contributed by atoms with Gasteiger partial charge < -0.3 is 15.0 Å². The van der Waals surface area contributed by atoms with Gasteiger partial charge in [-0.05, 0) is 24.7 Å². The Morgan fingerprint density at radius 2 is 1.76 bits per heavy atom. The Morgan fingerprint density at radius 3 is 2.52 bits per heavy atom. The molecule has 33 heavy (non-hydrogen) atoms. The summed E-state index contributed by atoms with van der Waals surface area (Å²) < 4.78 is 5.95. The summed E-state index contributed by atoms with van der Waals surface area (Å²) in [5.41, 5.74) is 2.86. The molecule has 0 atom stereocenters. The summed E-state index contributed by atoms with van der Waals surface area (Å²) in [6.07, 6.45) is 1.00. The lowest BCUT2D eigenvalue weighted by atomic mass is 10.1. The molecule has 0 fully saturated rings. The number of ether oxygens (including phenoxy) is 1. The van der Waals surface area contributed by atoms with Crippen molar-refractivity contribution in [2.75, 3.05) is 32.8 Å². The lowest BCUT2D eigenvalue weighted by Gasteiger charge is -2.19. The van der Waals surface area contributed by atoms with E-state index in [4.69, 9.17) is 4.74 Å². The molecule has 0 aliphatic carbocycles. The number of hydrogen-bond acceptors (Lipinski definition) is 5. The maximum absolute atomic E-state index is 12.5. The fourth-order valence-corrected chi connectivity index (χ4v) is 3.72. The minimum absolute atomic E-state index is 0.129. The summed E-state index contributed by atoms with van der Waals surface area (Å²) in [5, 5.41) is 8.83. The molecule has 0 saturated heterocycles. The zero-order valence-electron chi connectivity index (χ0n) is 19.6. The molecule has 3 rings (SSSR count). The molecule has 1 aliphatic rings. The van der Waals surface area contributed by atoms with Crippen LogP contribution >= 0.6 is 0 Å². The number of hydrogen-bond donors (Lipinski definition) is 1. The van der Waals surface area contributed by atoms with Crippen LogP contribution in [0.5, 0.6) is 5.75 Å². The van der Waals surface area contributed by atoms with Crippen molar-refractivity contribution >= 4 is 17.5 Å². The maximum Gasteiger partial charge on any atom is 0.243 e. The van der Waals surface area contributed by atoms with Crippen molar-refractivity contribution in [1.29, 1.82) is 0 Å². The van der Waals surface area contributed by atoms with E-state index in [0.717, 1.165) is 48.6 Å². The Morgan fingerprint density at radius 1 is 1.03 bits per heavy atom. The third-order valence-corrected chi connectivity index (χ3v) is 5.77. The van der Waals surface area contributed by atoms with Crippen LogP contribution in [0.3, 0.4) is 0 Å². The van der Waals surface area contributed by atoms with Gasteiger partial charge in [0.2, 0.25) is 11.8 Å². The van der Waals surface area contributed by atoms with Crippen LogP contribution in [0, 0.1) is 0 Å². The predicted molar refractivity (Wildman–Crippen MR) is 130 cm³/mol. The number of hydrazone groups is 1. The molecular weight excluding hydrogens is 416 g/mol. The zero-order valence-corrected chi connectivity index (χ0v) is 19.6. The molecule has 1 N–H and O–H groups in total. The molecule has 0 unspecified atom stereocenters. The first kappa shape index (κ1) is 24.5. The van der Waals surface area contributed by atoms with Crippen molar-refractivity contribution in [3.8, 4) is 5.75 Å². The van der Waals surface area contributed by atoms with Crippen LogP contribution in [0.1, 0.15) is 44.2 Å². The molecule has 0 saturated carbocycles. The van der Waals surface area contributed by atoms with Crippen LogP contribution in [0.4, 0.5) is 0 Å². The standard InChI is InChI=1S/C26H34N4O3/c1-3-29(4-2)18-19-33-24-13-9-8-12-22(24)20-27-25(31)14-15-26(32)30-17-16-23(28-30)21-10-6-5-7-11-21/h5-13H,3-4,14-20H2,1-2H3,(H,27,31). The SMILES string of the molecule is CCN(CC)CCOc1ccccc1CNC(=O)CCC(=O)N1CCC(c2ccccc2)=N1. The summed E-state index contributed by atoms with van der Waals surface area (Å²) >= 11 is 0. The Labute approximate surface area is 196 Å². The van der Waals surface area contributed by atoms with E-state index in [1.807, 2.05) is 54.6 Å². The zero-order chi connectivity index (χ0) is 23.5. The van der Waals surface area contributed by atoms with Gasteiger partial charge in [0.25, 0.3) is 0 Å². The first-order valence-electron chi connectivity index (χ1n) is 11.7. The molecule has 2 amide bonds. The van der Waals surface area contributed by atoms with E-state index < -0.39 is 0 Å². The van der Waals surface area contributed by atoms with Crippen molar-refractivity contribution in [2.24, 2.45) is 5.10 Å². The van der Waals surface area contributed by atoms with Gasteiger partial charge in [0, 0.05) is 37.9 Å². The summed E-state index contributed by atoms with van der Waals surface area (Å²) in [7, 11) is 0. The van der Waals surface area contributed by atoms with Crippen LogP contribution in [-0.2, 0) is 16.1 Å². The van der Waals surface area contributed by atoms with Gasteiger partial charge in [0.1, 0.15) is 12.4 Å². The van der Waals surface area contributed by atoms with Crippen molar-refractivity contribution in [1.82, 2.24) is 15.2 Å². The summed E-state index contributed by atoms with van der Waals surface area (Å²) in [6, 6.07) is 17.6. The molecule has 1 heterocycles. The van der Waals surface area contributed by atoms with E-state index in [2.05, 4.69) is 29.2 Å². The summed E-state index contributed by atoms with van der Waals surface area (Å²) in [6.45, 7) is 8.64. The van der Waals surface area contributed by atoms with Gasteiger partial charge in [-0.25, -0.2) is 5.01 Å². The molecule has 0 aromatic heterocycles. The van der Waals surface area contributed by atoms with Gasteiger partial charge in [-0.1, -0.05) is 62.4 Å². The quantitative estimate of drug-likeness (QED) is 0.538. The van der Waals surface area contributed by atoms with Crippen molar-refractivity contribution in [3.05, 3.63) is 65.7 Å². The second-order valence-corrected chi connectivity index (χ2v) is 7.94. The molecular formula is C26H34N4O3. The van der Waals surface area contributed by atoms with Crippen LogP contribution in [-0.4, -0.2) is 60.2 Å². The fourth-order valence-electron chi connectivity index (χ4n) is 3.72. The van der Waals surface area contributed by atoms with Crippen molar-refractivity contribution in [3.63, 3.8) is 0 Å². The van der Waals surface area contributed by atoms with Crippen LogP contribution in [0.25, 0.3) is 0 Å². The first-order chi connectivity index (χ1) is 16.1. The second-order valence-electron chi connectivity index (χ2n) is 7.94. The van der Waals surface area contributed by atoms with E-state index >= 15 is 0 Å². The number of likely N-dealkylation sites (N-methyl/N-ethyl adjacent to an activating group) is 1. The Bertz CT molecular complexity index is 942. The monoisotopic (exact) mass is 450 g/mol. The van der Waals surface area contributed by atoms with Gasteiger partial charge in [0.05, 0.1) is 12.3 Å². The normalized spacial score (nSPS) is 13.2. The Kier molecular flexibility index (Phi) is 9.44. The number of carbonyl (C=O) groups is 2. The van der Waals surface area contributed by atoms with E-state index in [0.29, 0.717) is 19.7 Å². The highest BCUT2D eigenvalue weighted by Crippen LogP contribution is 2.18. The van der Waals surface area contributed by atoms with Gasteiger partial charge in [-0.15, -0.1) is 0 Å². The predicted octanol–water partition coefficient (Wildman–Crippen LogP) is 3.44. The van der Waals surface area contributed by atoms with Gasteiger partial charge in [-0.3, -0.25) is 9.59 Å². The number of nitrogens with zero attached hydrogens (tertiary/aromatic N) is 3. The minimum Gasteiger partial charge on any atom is -0.492 e. The van der Waals surface area contributed by atoms with E-state index in [9.17, 15) is 9.59 Å². The highest BCUT2D eigenvalue weighted by atomic mass is 16.5. The van der Waals surface area contributed by atoms with Crippen LogP contribution in [0.15, 0.2) is 59.7 Å². The molecule has 0 bridgehead atoms. The highest BCUT2D eigenvalue weighted by molar-refractivity contribution is 6.02. The number of amides is 2. The smallest absolute Gasteiger partial charge is 0.243 e. The highest BCUT2D eigenvalue weighted by Gasteiger charge is 2.22. The van der Waals surface area contributed by atoms with Gasteiger partial charge >= 0.3 is 0 Å². The van der Waals surface area contributed by atoms with E-state index in [1.54, 1.807) is 0 Å². The van der Waals surface area contributed by atoms with Crippen LogP contribution in [0.2, 0.25) is 0 Å². The van der Waals surface area contributed by atoms with E-state index in [1.165, 1.54) is 5.01 Å². The molecule has 7 heteroatoms.